The van der Waals surface area contributed by atoms with Crippen LogP contribution in [0.2, 0.25) is 0 Å². The highest BCUT2D eigenvalue weighted by Gasteiger charge is 2.07. The van der Waals surface area contributed by atoms with Gasteiger partial charge in [0.05, 0.1) is 13.2 Å². The molecular formula is C24H37FO4. The molecule has 0 spiro atoms. The zero-order valence-electron chi connectivity index (χ0n) is 17.9. The lowest BCUT2D eigenvalue weighted by Gasteiger charge is -2.06. The van der Waals surface area contributed by atoms with Crippen LogP contribution in [0.25, 0.3) is 0 Å². The number of benzene rings is 1. The summed E-state index contributed by atoms with van der Waals surface area (Å²) in [5, 5.41) is 0. The second-order valence-electron chi connectivity index (χ2n) is 7.50. The summed E-state index contributed by atoms with van der Waals surface area (Å²) in [6.45, 7) is 2.95. The van der Waals surface area contributed by atoms with Crippen LogP contribution in [0.3, 0.4) is 0 Å². The Bertz CT molecular complexity index is 557. The summed E-state index contributed by atoms with van der Waals surface area (Å²) in [6, 6.07) is 6.12. The van der Waals surface area contributed by atoms with Gasteiger partial charge >= 0.3 is 11.9 Å². The molecule has 4 nitrogen and oxygen atoms in total. The second kappa shape index (κ2) is 17.0. The summed E-state index contributed by atoms with van der Waals surface area (Å²) in [5.74, 6) is -0.849. The Labute approximate surface area is 175 Å². The first-order valence-corrected chi connectivity index (χ1v) is 11.2. The van der Waals surface area contributed by atoms with Gasteiger partial charge in [-0.15, -0.1) is 0 Å². The Morgan fingerprint density at radius 3 is 1.83 bits per heavy atom. The van der Waals surface area contributed by atoms with Crippen LogP contribution in [0.4, 0.5) is 4.39 Å². The topological polar surface area (TPSA) is 52.6 Å². The van der Waals surface area contributed by atoms with E-state index < -0.39 is 0 Å². The van der Waals surface area contributed by atoms with Crippen molar-refractivity contribution in [3.8, 4) is 0 Å². The molecule has 0 N–H and O–H groups in total. The van der Waals surface area contributed by atoms with Crippen LogP contribution in [0.15, 0.2) is 24.3 Å². The number of hydrogen-bond donors (Lipinski definition) is 0. The van der Waals surface area contributed by atoms with Gasteiger partial charge in [0.25, 0.3) is 0 Å². The normalized spacial score (nSPS) is 10.7. The van der Waals surface area contributed by atoms with Crippen LogP contribution in [-0.2, 0) is 25.5 Å². The van der Waals surface area contributed by atoms with Gasteiger partial charge in [0.1, 0.15) is 5.82 Å². The first-order valence-electron chi connectivity index (χ1n) is 11.2. The van der Waals surface area contributed by atoms with Gasteiger partial charge in [-0.05, 0) is 30.5 Å². The predicted octanol–water partition coefficient (Wildman–Crippen LogP) is 6.16. The fourth-order valence-corrected chi connectivity index (χ4v) is 3.05. The first kappa shape index (κ1) is 25.1. The van der Waals surface area contributed by atoms with Gasteiger partial charge < -0.3 is 9.47 Å². The van der Waals surface area contributed by atoms with Gasteiger partial charge in [0, 0.05) is 19.3 Å². The average Bonchev–Trinajstić information content (AvgIpc) is 2.71. The Morgan fingerprint density at radius 2 is 1.24 bits per heavy atom. The van der Waals surface area contributed by atoms with Gasteiger partial charge in [-0.1, -0.05) is 70.4 Å². The van der Waals surface area contributed by atoms with Crippen LogP contribution in [-0.4, -0.2) is 25.2 Å². The predicted molar refractivity (Wildman–Crippen MR) is 113 cm³/mol. The van der Waals surface area contributed by atoms with Crippen LogP contribution < -0.4 is 0 Å². The first-order chi connectivity index (χ1) is 14.1. The van der Waals surface area contributed by atoms with Gasteiger partial charge in [0.2, 0.25) is 0 Å². The molecule has 0 aliphatic heterocycles. The lowest BCUT2D eigenvalue weighted by molar-refractivity contribution is -0.145. The molecule has 0 aromatic heterocycles. The molecule has 1 aromatic carbocycles. The third-order valence-corrected chi connectivity index (χ3v) is 4.84. The molecule has 0 saturated carbocycles. The molecule has 0 aliphatic rings. The quantitative estimate of drug-likeness (QED) is 0.229. The second-order valence-corrected chi connectivity index (χ2v) is 7.50. The lowest BCUT2D eigenvalue weighted by Crippen LogP contribution is -2.10. The molecule has 0 unspecified atom stereocenters. The van der Waals surface area contributed by atoms with Crippen LogP contribution in [0.5, 0.6) is 0 Å². The summed E-state index contributed by atoms with van der Waals surface area (Å²) < 4.78 is 23.2. The molecule has 0 bridgehead atoms. The Morgan fingerprint density at radius 1 is 0.724 bits per heavy atom. The number of unbranched alkanes of at least 4 members (excludes halogenated alkanes) is 8. The highest BCUT2D eigenvalue weighted by Crippen LogP contribution is 2.10. The molecule has 0 aliphatic carbocycles. The SMILES string of the molecule is CCCCCCCCCCCOC(=O)CCCC(=O)OCCc1ccc(F)cc1. The number of carbonyl (C=O) groups is 2. The number of rotatable bonds is 17. The minimum absolute atomic E-state index is 0.205. The highest BCUT2D eigenvalue weighted by molar-refractivity contribution is 5.72. The van der Waals surface area contributed by atoms with Crippen molar-refractivity contribution < 1.29 is 23.5 Å². The molecule has 164 valence electrons. The summed E-state index contributed by atoms with van der Waals surface area (Å²) >= 11 is 0. The van der Waals surface area contributed by atoms with E-state index in [4.69, 9.17) is 9.47 Å². The van der Waals surface area contributed by atoms with E-state index in [1.807, 2.05) is 0 Å². The highest BCUT2D eigenvalue weighted by atomic mass is 19.1. The zero-order chi connectivity index (χ0) is 21.2. The van der Waals surface area contributed by atoms with Gasteiger partial charge in [-0.25, -0.2) is 4.39 Å². The molecule has 5 heteroatoms. The van der Waals surface area contributed by atoms with Crippen molar-refractivity contribution in [1.29, 1.82) is 0 Å². The standard InChI is InChI=1S/C24H37FO4/c1-2-3-4-5-6-7-8-9-10-19-28-23(26)12-11-13-24(27)29-20-18-21-14-16-22(25)17-15-21/h14-17H,2-13,18-20H2,1H3. The number of carbonyl (C=O) groups excluding carboxylic acids is 2. The maximum absolute atomic E-state index is 12.8. The van der Waals surface area contributed by atoms with E-state index in [1.54, 1.807) is 12.1 Å². The molecule has 0 radical (unpaired) electrons. The molecule has 29 heavy (non-hydrogen) atoms. The minimum atomic E-state index is -0.321. The largest absolute Gasteiger partial charge is 0.466 e. The van der Waals surface area contributed by atoms with Crippen molar-refractivity contribution in [3.05, 3.63) is 35.6 Å². The molecule has 0 fully saturated rings. The molecule has 0 atom stereocenters. The van der Waals surface area contributed by atoms with Crippen molar-refractivity contribution in [2.45, 2.75) is 90.4 Å². The van der Waals surface area contributed by atoms with Crippen molar-refractivity contribution in [3.63, 3.8) is 0 Å². The smallest absolute Gasteiger partial charge is 0.305 e. The van der Waals surface area contributed by atoms with E-state index in [1.165, 1.54) is 57.1 Å². The minimum Gasteiger partial charge on any atom is -0.466 e. The molecule has 1 rings (SSSR count). The monoisotopic (exact) mass is 408 g/mol. The number of ether oxygens (including phenoxy) is 2. The third-order valence-electron chi connectivity index (χ3n) is 4.84. The van der Waals surface area contributed by atoms with Crippen molar-refractivity contribution in [2.24, 2.45) is 0 Å². The third kappa shape index (κ3) is 14.7. The number of halogens is 1. The van der Waals surface area contributed by atoms with E-state index in [2.05, 4.69) is 6.92 Å². The van der Waals surface area contributed by atoms with Crippen LogP contribution in [0, 0.1) is 5.82 Å². The van der Waals surface area contributed by atoms with E-state index in [0.29, 0.717) is 19.4 Å². The maximum Gasteiger partial charge on any atom is 0.305 e. The van der Waals surface area contributed by atoms with Crippen LogP contribution >= 0.6 is 0 Å². The fourth-order valence-electron chi connectivity index (χ4n) is 3.05. The number of esters is 2. The van der Waals surface area contributed by atoms with E-state index in [9.17, 15) is 14.0 Å². The van der Waals surface area contributed by atoms with E-state index in [-0.39, 0.29) is 37.2 Å². The van der Waals surface area contributed by atoms with E-state index >= 15 is 0 Å². The van der Waals surface area contributed by atoms with Crippen molar-refractivity contribution in [2.75, 3.05) is 13.2 Å². The Kier molecular flexibility index (Phi) is 14.7. The lowest BCUT2D eigenvalue weighted by atomic mass is 10.1. The molecule has 0 heterocycles. The summed E-state index contributed by atoms with van der Waals surface area (Å²) in [4.78, 5) is 23.4. The van der Waals surface area contributed by atoms with Gasteiger partial charge in [-0.2, -0.15) is 0 Å². The van der Waals surface area contributed by atoms with Crippen LogP contribution in [0.1, 0.15) is 89.5 Å². The summed E-state index contributed by atoms with van der Waals surface area (Å²) in [7, 11) is 0. The maximum atomic E-state index is 12.8. The van der Waals surface area contributed by atoms with Crippen molar-refractivity contribution >= 4 is 11.9 Å². The average molecular weight is 409 g/mol. The molecular weight excluding hydrogens is 371 g/mol. The fraction of sp³-hybridized carbons (Fsp3) is 0.667. The zero-order valence-corrected chi connectivity index (χ0v) is 17.9. The molecule has 1 aromatic rings. The van der Waals surface area contributed by atoms with Gasteiger partial charge in [-0.3, -0.25) is 9.59 Å². The van der Waals surface area contributed by atoms with E-state index in [0.717, 1.165) is 18.4 Å². The summed E-state index contributed by atoms with van der Waals surface area (Å²) in [6.07, 6.45) is 12.5. The Balaban J connectivity index is 1.90. The number of hydrogen-bond acceptors (Lipinski definition) is 4. The summed E-state index contributed by atoms with van der Waals surface area (Å²) in [5.41, 5.74) is 0.916. The van der Waals surface area contributed by atoms with Crippen molar-refractivity contribution in [1.82, 2.24) is 0 Å². The molecule has 0 amide bonds. The molecule has 0 saturated heterocycles. The Hall–Kier alpha value is -1.91. The van der Waals surface area contributed by atoms with Gasteiger partial charge in [0.15, 0.2) is 0 Å².